The van der Waals surface area contributed by atoms with E-state index in [4.69, 9.17) is 0 Å². The minimum atomic E-state index is -0.467. The third kappa shape index (κ3) is 3.31. The molecule has 0 amide bonds. The number of benzene rings is 1. The van der Waals surface area contributed by atoms with E-state index >= 15 is 0 Å². The highest BCUT2D eigenvalue weighted by Gasteiger charge is 2.26. The van der Waals surface area contributed by atoms with E-state index in [1.54, 1.807) is 0 Å². The topological polar surface area (TPSA) is 82.7 Å². The van der Waals surface area contributed by atoms with Crippen molar-refractivity contribution in [3.8, 4) is 0 Å². The van der Waals surface area contributed by atoms with Crippen LogP contribution in [-0.2, 0) is 0 Å². The Morgan fingerprint density at radius 1 is 1.16 bits per heavy atom. The van der Waals surface area contributed by atoms with E-state index in [-0.39, 0.29) is 0 Å². The zero-order valence-corrected chi connectivity index (χ0v) is 14.1. The number of piperazine rings is 1. The van der Waals surface area contributed by atoms with Crippen LogP contribution in [0, 0.1) is 0 Å². The van der Waals surface area contributed by atoms with Crippen molar-refractivity contribution in [3.63, 3.8) is 0 Å². The van der Waals surface area contributed by atoms with Crippen molar-refractivity contribution >= 4 is 11.5 Å². The number of hydrogen-bond donors (Lipinski definition) is 1. The molecule has 0 radical (unpaired) electrons. The minimum Gasteiger partial charge on any atom is -0.387 e. The van der Waals surface area contributed by atoms with Crippen LogP contribution < -0.4 is 4.90 Å². The summed E-state index contributed by atoms with van der Waals surface area (Å²) in [6.45, 7) is 5.40. The van der Waals surface area contributed by atoms with Gasteiger partial charge in [0.15, 0.2) is 11.5 Å². The quantitative estimate of drug-likeness (QED) is 0.751. The summed E-state index contributed by atoms with van der Waals surface area (Å²) in [5.74, 6) is 0.870. The lowest BCUT2D eigenvalue weighted by molar-refractivity contribution is 0.0848. The van der Waals surface area contributed by atoms with E-state index in [2.05, 4.69) is 37.3 Å². The highest BCUT2D eigenvalue weighted by Crippen LogP contribution is 2.20. The second kappa shape index (κ2) is 6.73. The first kappa shape index (κ1) is 15.9. The molecule has 0 saturated carbocycles. The van der Waals surface area contributed by atoms with Gasteiger partial charge in [0.2, 0.25) is 0 Å². The number of aromatic nitrogens is 5. The minimum absolute atomic E-state index is 0.318. The lowest BCUT2D eigenvalue weighted by Crippen LogP contribution is -2.53. The van der Waals surface area contributed by atoms with Crippen molar-refractivity contribution in [1.29, 1.82) is 0 Å². The fourth-order valence-corrected chi connectivity index (χ4v) is 3.29. The molecule has 3 aromatic rings. The van der Waals surface area contributed by atoms with Crippen molar-refractivity contribution < 1.29 is 5.11 Å². The van der Waals surface area contributed by atoms with Gasteiger partial charge in [0.05, 0.1) is 6.10 Å². The van der Waals surface area contributed by atoms with Gasteiger partial charge in [-0.05, 0) is 35.0 Å². The van der Waals surface area contributed by atoms with Crippen LogP contribution in [0.15, 0.2) is 42.5 Å². The van der Waals surface area contributed by atoms with Crippen molar-refractivity contribution in [2.24, 2.45) is 0 Å². The van der Waals surface area contributed by atoms with Gasteiger partial charge in [0, 0.05) is 32.2 Å². The Labute approximate surface area is 145 Å². The van der Waals surface area contributed by atoms with Crippen LogP contribution in [0.3, 0.4) is 0 Å². The van der Waals surface area contributed by atoms with Crippen molar-refractivity contribution in [2.75, 3.05) is 31.1 Å². The van der Waals surface area contributed by atoms with Gasteiger partial charge in [0.1, 0.15) is 0 Å². The fourth-order valence-electron chi connectivity index (χ4n) is 3.29. The third-order valence-corrected chi connectivity index (χ3v) is 4.74. The standard InChI is InChI=1S/C17H21N7O/c1-13-11-23(17-8-7-16-18-20-21-24(16)19-17)10-9-22(13)12-15(25)14-5-3-2-4-6-14/h2-8,13,15,25H,9-12H2,1H3/t13-,15+/m1/s1. The summed E-state index contributed by atoms with van der Waals surface area (Å²) >= 11 is 0. The van der Waals surface area contributed by atoms with E-state index in [1.807, 2.05) is 42.5 Å². The summed E-state index contributed by atoms with van der Waals surface area (Å²) < 4.78 is 1.45. The summed E-state index contributed by atoms with van der Waals surface area (Å²) in [4.78, 5) is 4.56. The second-order valence-electron chi connectivity index (χ2n) is 6.43. The normalized spacial score (nSPS) is 20.1. The van der Waals surface area contributed by atoms with E-state index in [1.165, 1.54) is 4.63 Å². The molecule has 0 unspecified atom stereocenters. The van der Waals surface area contributed by atoms with Crippen molar-refractivity contribution in [2.45, 2.75) is 19.1 Å². The maximum Gasteiger partial charge on any atom is 0.200 e. The molecule has 1 N–H and O–H groups in total. The van der Waals surface area contributed by atoms with Gasteiger partial charge in [0.25, 0.3) is 0 Å². The molecule has 3 heterocycles. The number of anilines is 1. The van der Waals surface area contributed by atoms with E-state index in [0.29, 0.717) is 18.2 Å². The predicted molar refractivity (Wildman–Crippen MR) is 93.2 cm³/mol. The zero-order valence-electron chi connectivity index (χ0n) is 14.1. The predicted octanol–water partition coefficient (Wildman–Crippen LogP) is 0.763. The molecule has 1 aliphatic rings. The molecule has 0 aliphatic carbocycles. The maximum atomic E-state index is 10.5. The molecule has 1 saturated heterocycles. The Morgan fingerprint density at radius 2 is 2.00 bits per heavy atom. The van der Waals surface area contributed by atoms with Crippen LogP contribution in [0.2, 0.25) is 0 Å². The van der Waals surface area contributed by atoms with Gasteiger partial charge in [-0.25, -0.2) is 0 Å². The summed E-state index contributed by atoms with van der Waals surface area (Å²) in [6, 6.07) is 14.0. The van der Waals surface area contributed by atoms with Crippen LogP contribution in [0.4, 0.5) is 5.82 Å². The average molecular weight is 339 g/mol. The molecular formula is C17H21N7O. The molecule has 2 aromatic heterocycles. The monoisotopic (exact) mass is 339 g/mol. The number of β-amino-alcohol motifs (C(OH)–C–C–N with tert-alkyl or cyclic N) is 1. The number of nitrogens with zero attached hydrogens (tertiary/aromatic N) is 7. The Hall–Kier alpha value is -2.58. The molecule has 4 rings (SSSR count). The van der Waals surface area contributed by atoms with Crippen LogP contribution in [0.25, 0.3) is 5.65 Å². The number of hydrogen-bond acceptors (Lipinski definition) is 7. The first-order valence-corrected chi connectivity index (χ1v) is 8.48. The molecule has 1 fully saturated rings. The maximum absolute atomic E-state index is 10.5. The summed E-state index contributed by atoms with van der Waals surface area (Å²) in [5, 5.41) is 26.3. The van der Waals surface area contributed by atoms with E-state index in [0.717, 1.165) is 31.0 Å². The number of fused-ring (bicyclic) bond motifs is 1. The molecule has 130 valence electrons. The molecule has 1 aromatic carbocycles. The van der Waals surface area contributed by atoms with Crippen LogP contribution in [-0.4, -0.2) is 67.5 Å². The Morgan fingerprint density at radius 3 is 2.80 bits per heavy atom. The van der Waals surface area contributed by atoms with Gasteiger partial charge >= 0.3 is 0 Å². The smallest absolute Gasteiger partial charge is 0.200 e. The fraction of sp³-hybridized carbons (Fsp3) is 0.412. The molecule has 2 atom stereocenters. The highest BCUT2D eigenvalue weighted by atomic mass is 16.3. The molecule has 25 heavy (non-hydrogen) atoms. The molecular weight excluding hydrogens is 318 g/mol. The molecule has 0 bridgehead atoms. The van der Waals surface area contributed by atoms with E-state index < -0.39 is 6.10 Å². The van der Waals surface area contributed by atoms with Crippen LogP contribution in [0.1, 0.15) is 18.6 Å². The number of tetrazole rings is 1. The number of aliphatic hydroxyl groups is 1. The van der Waals surface area contributed by atoms with Crippen LogP contribution in [0.5, 0.6) is 0 Å². The Balaban J connectivity index is 1.41. The van der Waals surface area contributed by atoms with Gasteiger partial charge < -0.3 is 10.0 Å². The number of aliphatic hydroxyl groups excluding tert-OH is 1. The van der Waals surface area contributed by atoms with Gasteiger partial charge in [-0.1, -0.05) is 30.3 Å². The SMILES string of the molecule is C[C@@H]1CN(c2ccc3nnnn3n2)CCN1C[C@H](O)c1ccccc1. The lowest BCUT2D eigenvalue weighted by Gasteiger charge is -2.41. The van der Waals surface area contributed by atoms with Gasteiger partial charge in [-0.3, -0.25) is 4.90 Å². The van der Waals surface area contributed by atoms with Crippen molar-refractivity contribution in [3.05, 3.63) is 48.0 Å². The second-order valence-corrected chi connectivity index (χ2v) is 6.43. The van der Waals surface area contributed by atoms with E-state index in [9.17, 15) is 5.11 Å². The third-order valence-electron chi connectivity index (χ3n) is 4.74. The first-order valence-electron chi connectivity index (χ1n) is 8.48. The Kier molecular flexibility index (Phi) is 4.29. The van der Waals surface area contributed by atoms with Gasteiger partial charge in [-0.2, -0.15) is 0 Å². The first-order chi connectivity index (χ1) is 12.2. The molecule has 0 spiro atoms. The molecule has 8 heteroatoms. The lowest BCUT2D eigenvalue weighted by atomic mass is 10.1. The summed E-state index contributed by atoms with van der Waals surface area (Å²) in [5.41, 5.74) is 1.60. The molecule has 8 nitrogen and oxygen atoms in total. The van der Waals surface area contributed by atoms with Crippen molar-refractivity contribution in [1.82, 2.24) is 30.2 Å². The van der Waals surface area contributed by atoms with Gasteiger partial charge in [-0.15, -0.1) is 14.8 Å². The Bertz CT molecular complexity index is 837. The zero-order chi connectivity index (χ0) is 17.2. The largest absolute Gasteiger partial charge is 0.387 e. The average Bonchev–Trinajstić information content (AvgIpc) is 3.12. The summed E-state index contributed by atoms with van der Waals surface area (Å²) in [7, 11) is 0. The summed E-state index contributed by atoms with van der Waals surface area (Å²) in [6.07, 6.45) is -0.467. The molecule has 1 aliphatic heterocycles. The number of rotatable bonds is 4. The van der Waals surface area contributed by atoms with Crippen LogP contribution >= 0.6 is 0 Å². The highest BCUT2D eigenvalue weighted by molar-refractivity contribution is 5.44.